The maximum absolute atomic E-state index is 13.4. The second-order valence-corrected chi connectivity index (χ2v) is 7.42. The molecule has 0 aliphatic carbocycles. The third-order valence-electron chi connectivity index (χ3n) is 4.57. The molecule has 1 aliphatic rings. The number of benzene rings is 1. The average molecular weight is 377 g/mol. The van der Waals surface area contributed by atoms with Gasteiger partial charge in [0.05, 0.1) is 4.88 Å². The molecule has 1 aromatic carbocycles. The zero-order chi connectivity index (χ0) is 18.7. The molecular weight excluding hydrogens is 357 g/mol. The lowest BCUT2D eigenvalue weighted by Crippen LogP contribution is -2.53. The van der Waals surface area contributed by atoms with Crippen molar-refractivity contribution in [1.82, 2.24) is 4.90 Å². The molecule has 0 atom stereocenters. The van der Waals surface area contributed by atoms with Gasteiger partial charge in [-0.1, -0.05) is 6.07 Å². The Morgan fingerprint density at radius 1 is 1.31 bits per heavy atom. The number of nitrogens with zero attached hydrogens (tertiary/aromatic N) is 1. The van der Waals surface area contributed by atoms with Crippen LogP contribution < -0.4 is 4.74 Å². The summed E-state index contributed by atoms with van der Waals surface area (Å²) in [5.41, 5.74) is -0.294. The number of carboxylic acid groups (broad SMARTS) is 1. The summed E-state index contributed by atoms with van der Waals surface area (Å²) in [4.78, 5) is 26.1. The third-order valence-corrected chi connectivity index (χ3v) is 5.65. The lowest BCUT2D eigenvalue weighted by Gasteiger charge is -2.38. The van der Waals surface area contributed by atoms with Gasteiger partial charge < -0.3 is 9.84 Å². The number of carbonyl (C=O) groups is 2. The van der Waals surface area contributed by atoms with Gasteiger partial charge >= 0.3 is 5.97 Å². The van der Waals surface area contributed by atoms with E-state index in [-0.39, 0.29) is 11.5 Å². The maximum atomic E-state index is 13.4. The van der Waals surface area contributed by atoms with Gasteiger partial charge in [0, 0.05) is 38.5 Å². The molecule has 2 aromatic rings. The Balaban J connectivity index is 1.65. The van der Waals surface area contributed by atoms with Crippen LogP contribution in [0.25, 0.3) is 0 Å². The number of hydrogen-bond donors (Lipinski definition) is 1. The van der Waals surface area contributed by atoms with Gasteiger partial charge in [0.25, 0.3) is 0 Å². The number of carbonyl (C=O) groups excluding carboxylic acids is 1. The molecule has 1 N–H and O–H groups in total. The van der Waals surface area contributed by atoms with Crippen molar-refractivity contribution in [2.75, 3.05) is 13.1 Å². The van der Waals surface area contributed by atoms with E-state index in [0.717, 1.165) is 10.4 Å². The first-order chi connectivity index (χ1) is 12.4. The highest BCUT2D eigenvalue weighted by atomic mass is 32.1. The lowest BCUT2D eigenvalue weighted by molar-refractivity contribution is -0.159. The number of ketones is 1. The van der Waals surface area contributed by atoms with Crippen molar-refractivity contribution in [3.8, 4) is 5.75 Å². The number of aliphatic carboxylic acids is 1. The van der Waals surface area contributed by atoms with Crippen LogP contribution in [-0.2, 0) is 11.3 Å². The number of piperidine rings is 1. The van der Waals surface area contributed by atoms with Gasteiger partial charge in [0.2, 0.25) is 5.60 Å². The topological polar surface area (TPSA) is 66.8 Å². The summed E-state index contributed by atoms with van der Waals surface area (Å²) in [6.45, 7) is 3.31. The van der Waals surface area contributed by atoms with Crippen LogP contribution in [0.5, 0.6) is 5.75 Å². The summed E-state index contributed by atoms with van der Waals surface area (Å²) in [5.74, 6) is -1.21. The SMILES string of the molecule is CC(=O)c1cc(CN2CCC(Oc3cccc(F)c3)(C(=O)O)CC2)cs1. The van der Waals surface area contributed by atoms with Crippen LogP contribution in [0.4, 0.5) is 4.39 Å². The van der Waals surface area contributed by atoms with Crippen LogP contribution in [-0.4, -0.2) is 40.4 Å². The van der Waals surface area contributed by atoms with Crippen molar-refractivity contribution >= 4 is 23.1 Å². The highest BCUT2D eigenvalue weighted by Crippen LogP contribution is 2.30. The van der Waals surface area contributed by atoms with E-state index in [1.807, 2.05) is 11.4 Å². The standard InChI is InChI=1S/C19H20FNO4S/c1-13(22)17-9-14(12-26-17)11-21-7-5-19(6-8-21,18(23)24)25-16-4-2-3-15(20)10-16/h2-4,9-10,12H,5-8,11H2,1H3,(H,23,24). The van der Waals surface area contributed by atoms with Crippen LogP contribution in [0.2, 0.25) is 0 Å². The van der Waals surface area contributed by atoms with Crippen molar-refractivity contribution in [2.45, 2.75) is 31.9 Å². The molecule has 1 saturated heterocycles. The predicted molar refractivity (Wildman–Crippen MR) is 96.2 cm³/mol. The van der Waals surface area contributed by atoms with Crippen LogP contribution in [0, 0.1) is 5.82 Å². The molecule has 0 bridgehead atoms. The average Bonchev–Trinajstić information content (AvgIpc) is 3.05. The minimum Gasteiger partial charge on any atom is -0.478 e. The number of thiophene rings is 1. The van der Waals surface area contributed by atoms with E-state index in [4.69, 9.17) is 4.74 Å². The second-order valence-electron chi connectivity index (χ2n) is 6.51. The smallest absolute Gasteiger partial charge is 0.348 e. The third kappa shape index (κ3) is 4.11. The molecule has 0 radical (unpaired) electrons. The first-order valence-electron chi connectivity index (χ1n) is 8.37. The molecule has 3 rings (SSSR count). The first kappa shape index (κ1) is 18.5. The number of rotatable bonds is 6. The molecule has 26 heavy (non-hydrogen) atoms. The molecule has 2 heterocycles. The molecule has 0 saturated carbocycles. The zero-order valence-electron chi connectivity index (χ0n) is 14.4. The van der Waals surface area contributed by atoms with Crippen LogP contribution in [0.3, 0.4) is 0 Å². The molecule has 1 aromatic heterocycles. The quantitative estimate of drug-likeness (QED) is 0.780. The Hall–Kier alpha value is -2.25. The number of carboxylic acids is 1. The van der Waals surface area contributed by atoms with E-state index >= 15 is 0 Å². The monoisotopic (exact) mass is 377 g/mol. The summed E-state index contributed by atoms with van der Waals surface area (Å²) in [6, 6.07) is 7.44. The number of likely N-dealkylation sites (tertiary alicyclic amines) is 1. The van der Waals surface area contributed by atoms with Gasteiger partial charge in [-0.3, -0.25) is 9.69 Å². The van der Waals surface area contributed by atoms with Gasteiger partial charge in [-0.05, 0) is 36.1 Å². The van der Waals surface area contributed by atoms with Crippen molar-refractivity contribution in [3.63, 3.8) is 0 Å². The van der Waals surface area contributed by atoms with Crippen molar-refractivity contribution < 1.29 is 23.8 Å². The zero-order valence-corrected chi connectivity index (χ0v) is 15.2. The molecule has 138 valence electrons. The molecule has 5 nitrogen and oxygen atoms in total. The van der Waals surface area contributed by atoms with Crippen LogP contribution in [0.15, 0.2) is 35.7 Å². The highest BCUT2D eigenvalue weighted by molar-refractivity contribution is 7.12. The van der Waals surface area contributed by atoms with Gasteiger partial charge in [-0.15, -0.1) is 11.3 Å². The minimum atomic E-state index is -1.34. The summed E-state index contributed by atoms with van der Waals surface area (Å²) in [6.07, 6.45) is 0.616. The van der Waals surface area contributed by atoms with E-state index in [0.29, 0.717) is 32.5 Å². The van der Waals surface area contributed by atoms with E-state index in [9.17, 15) is 19.1 Å². The summed E-state index contributed by atoms with van der Waals surface area (Å²) in [5, 5.41) is 11.6. The number of halogens is 1. The van der Waals surface area contributed by atoms with E-state index in [1.165, 1.54) is 29.5 Å². The van der Waals surface area contributed by atoms with Gasteiger partial charge in [-0.2, -0.15) is 0 Å². The molecule has 1 fully saturated rings. The van der Waals surface area contributed by atoms with Gasteiger partial charge in [0.15, 0.2) is 5.78 Å². The Morgan fingerprint density at radius 3 is 2.62 bits per heavy atom. The Labute approximate surface area is 155 Å². The van der Waals surface area contributed by atoms with Gasteiger partial charge in [-0.25, -0.2) is 9.18 Å². The molecule has 7 heteroatoms. The molecule has 0 unspecified atom stereocenters. The summed E-state index contributed by atoms with van der Waals surface area (Å²) >= 11 is 1.42. The summed E-state index contributed by atoms with van der Waals surface area (Å²) < 4.78 is 19.1. The largest absolute Gasteiger partial charge is 0.478 e. The molecule has 0 amide bonds. The number of Topliss-reactive ketones (excluding diaryl/α,β-unsaturated/α-hetero) is 1. The number of ether oxygens (including phenoxy) is 1. The molecule has 1 aliphatic heterocycles. The second kappa shape index (κ2) is 7.55. The van der Waals surface area contributed by atoms with E-state index in [2.05, 4.69) is 4.90 Å². The Kier molecular flexibility index (Phi) is 5.38. The van der Waals surface area contributed by atoms with Crippen LogP contribution >= 0.6 is 11.3 Å². The van der Waals surface area contributed by atoms with Crippen molar-refractivity contribution in [1.29, 1.82) is 0 Å². The fourth-order valence-corrected chi connectivity index (χ4v) is 3.90. The Bertz CT molecular complexity index is 811. The first-order valence-corrected chi connectivity index (χ1v) is 9.25. The predicted octanol–water partition coefficient (Wildman–Crippen LogP) is 3.59. The highest BCUT2D eigenvalue weighted by Gasteiger charge is 2.44. The van der Waals surface area contributed by atoms with Crippen molar-refractivity contribution in [2.24, 2.45) is 0 Å². The maximum Gasteiger partial charge on any atom is 0.348 e. The van der Waals surface area contributed by atoms with Crippen molar-refractivity contribution in [3.05, 3.63) is 52.0 Å². The molecular formula is C19H20FNO4S. The molecule has 0 spiro atoms. The van der Waals surface area contributed by atoms with E-state index in [1.54, 1.807) is 13.0 Å². The fourth-order valence-electron chi connectivity index (χ4n) is 3.09. The van der Waals surface area contributed by atoms with E-state index < -0.39 is 17.4 Å². The Morgan fingerprint density at radius 2 is 2.04 bits per heavy atom. The minimum absolute atomic E-state index is 0.0493. The van der Waals surface area contributed by atoms with Crippen LogP contribution in [0.1, 0.15) is 35.0 Å². The van der Waals surface area contributed by atoms with Gasteiger partial charge in [0.1, 0.15) is 11.6 Å². The normalized spacial score (nSPS) is 17.0. The fraction of sp³-hybridized carbons (Fsp3) is 0.368. The lowest BCUT2D eigenvalue weighted by atomic mass is 9.91. The summed E-state index contributed by atoms with van der Waals surface area (Å²) in [7, 11) is 0. The number of hydrogen-bond acceptors (Lipinski definition) is 5.